The molecule has 0 amide bonds. The highest BCUT2D eigenvalue weighted by atomic mass is 35.5. The van der Waals surface area contributed by atoms with E-state index in [1.54, 1.807) is 42.6 Å². The fourth-order valence-corrected chi connectivity index (χ4v) is 5.30. The zero-order chi connectivity index (χ0) is 43.2. The van der Waals surface area contributed by atoms with Crippen LogP contribution in [0.5, 0.6) is 34.6 Å². The summed E-state index contributed by atoms with van der Waals surface area (Å²) in [6.07, 6.45) is 1.91. The van der Waals surface area contributed by atoms with Crippen molar-refractivity contribution in [2.45, 2.75) is 13.0 Å². The summed E-state index contributed by atoms with van der Waals surface area (Å²) in [5.41, 5.74) is -0.0206. The Balaban J connectivity index is 0.000000198. The largest absolute Gasteiger partial charge is 0.480 e. The number of ether oxygens (including phenoxy) is 5. The van der Waals surface area contributed by atoms with Crippen molar-refractivity contribution in [1.82, 2.24) is 9.97 Å². The highest BCUT2D eigenvalue weighted by molar-refractivity contribution is 6.36. The van der Waals surface area contributed by atoms with Crippen molar-refractivity contribution in [1.29, 1.82) is 0 Å². The van der Waals surface area contributed by atoms with Crippen LogP contribution in [0.15, 0.2) is 103 Å². The average Bonchev–Trinajstić information content (AvgIpc) is 3.20. The van der Waals surface area contributed by atoms with Crippen molar-refractivity contribution in [3.63, 3.8) is 0 Å². The zero-order valence-electron chi connectivity index (χ0n) is 30.3. The second kappa shape index (κ2) is 21.3. The molecule has 20 heteroatoms. The van der Waals surface area contributed by atoms with E-state index >= 15 is 0 Å². The predicted octanol–water partition coefficient (Wildman–Crippen LogP) is 10.4. The number of carbonyl (C=O) groups excluding carboxylic acids is 1. The molecule has 1 atom stereocenters. The van der Waals surface area contributed by atoms with Crippen LogP contribution < -0.4 is 18.9 Å². The first kappa shape index (κ1) is 45.2. The number of methoxy groups -OCH3 is 1. The molecule has 0 radical (unpaired) electrons. The highest BCUT2D eigenvalue weighted by Gasteiger charge is 2.22. The average molecular weight is 891 g/mol. The van der Waals surface area contributed by atoms with Crippen LogP contribution in [0, 0.1) is 15.9 Å². The zero-order valence-corrected chi connectivity index (χ0v) is 33.3. The van der Waals surface area contributed by atoms with Crippen LogP contribution in [0.1, 0.15) is 17.3 Å². The Hall–Kier alpha value is -6.46. The molecule has 0 aliphatic carbocycles. The smallest absolute Gasteiger partial charge is 0.345 e. The van der Waals surface area contributed by atoms with Gasteiger partial charge >= 0.3 is 17.9 Å². The third-order valence-electron chi connectivity index (χ3n) is 7.20. The molecule has 6 rings (SSSR count). The minimum absolute atomic E-state index is 0.172. The predicted molar refractivity (Wildman–Crippen MR) is 214 cm³/mol. The number of rotatable bonds is 12. The number of carboxylic acids is 2. The molecule has 6 aromatic rings. The molecule has 0 saturated carbocycles. The van der Waals surface area contributed by atoms with Gasteiger partial charge in [0.05, 0.1) is 27.1 Å². The van der Waals surface area contributed by atoms with Gasteiger partial charge in [-0.15, -0.1) is 0 Å². The Labute approximate surface area is 353 Å². The van der Waals surface area contributed by atoms with E-state index < -0.39 is 41.4 Å². The minimum atomic E-state index is -1.07. The molecule has 0 aliphatic heterocycles. The van der Waals surface area contributed by atoms with Gasteiger partial charge in [-0.05, 0) is 85.8 Å². The van der Waals surface area contributed by atoms with Crippen LogP contribution in [0.3, 0.4) is 0 Å². The van der Waals surface area contributed by atoms with Crippen molar-refractivity contribution in [2.75, 3.05) is 13.7 Å². The summed E-state index contributed by atoms with van der Waals surface area (Å²) in [5, 5.41) is 30.4. The van der Waals surface area contributed by atoms with Crippen molar-refractivity contribution in [2.24, 2.45) is 0 Å². The van der Waals surface area contributed by atoms with Gasteiger partial charge in [0, 0.05) is 34.9 Å². The number of carbonyl (C=O) groups is 3. The van der Waals surface area contributed by atoms with Crippen LogP contribution in [0.25, 0.3) is 10.9 Å². The van der Waals surface area contributed by atoms with Crippen molar-refractivity contribution in [3.8, 4) is 34.6 Å². The molecule has 0 saturated heterocycles. The van der Waals surface area contributed by atoms with Crippen LogP contribution in [-0.2, 0) is 14.3 Å². The molecule has 0 fully saturated rings. The van der Waals surface area contributed by atoms with Gasteiger partial charge < -0.3 is 33.9 Å². The lowest BCUT2D eigenvalue weighted by atomic mass is 10.1. The number of nitro groups is 1. The number of halogens is 5. The van der Waals surface area contributed by atoms with E-state index in [9.17, 15) is 28.9 Å². The molecule has 0 unspecified atom stereocenters. The van der Waals surface area contributed by atoms with Gasteiger partial charge in [0.2, 0.25) is 0 Å². The number of nitrogens with zero attached hydrogens (tertiary/aromatic N) is 3. The number of aliphatic carboxylic acids is 2. The summed E-state index contributed by atoms with van der Waals surface area (Å²) in [7, 11) is 1.13. The fraction of sp³-hybridized carbons (Fsp3) is 0.103. The summed E-state index contributed by atoms with van der Waals surface area (Å²) >= 11 is 23.3. The van der Waals surface area contributed by atoms with Gasteiger partial charge in [-0.3, -0.25) is 15.1 Å². The van der Waals surface area contributed by atoms with E-state index in [-0.39, 0.29) is 32.9 Å². The van der Waals surface area contributed by atoms with Crippen molar-refractivity contribution < 1.29 is 57.6 Å². The van der Waals surface area contributed by atoms with Gasteiger partial charge in [0.25, 0.3) is 11.6 Å². The van der Waals surface area contributed by atoms with E-state index in [1.165, 1.54) is 55.6 Å². The molecule has 2 aromatic heterocycles. The van der Waals surface area contributed by atoms with E-state index in [4.69, 9.17) is 75.6 Å². The second-order valence-corrected chi connectivity index (χ2v) is 13.0. The van der Waals surface area contributed by atoms with Gasteiger partial charge in [-0.1, -0.05) is 46.4 Å². The molecule has 4 aromatic carbocycles. The number of fused-ring (bicyclic) bond motifs is 1. The quantitative estimate of drug-likeness (QED) is 0.0666. The summed E-state index contributed by atoms with van der Waals surface area (Å²) in [5.74, 6) is -2.19. The highest BCUT2D eigenvalue weighted by Crippen LogP contribution is 2.34. The fourth-order valence-electron chi connectivity index (χ4n) is 4.49. The lowest BCUT2D eigenvalue weighted by Gasteiger charge is -2.11. The van der Waals surface area contributed by atoms with Crippen LogP contribution in [0.2, 0.25) is 20.1 Å². The molecule has 306 valence electrons. The van der Waals surface area contributed by atoms with E-state index in [0.29, 0.717) is 38.6 Å². The van der Waals surface area contributed by atoms with Gasteiger partial charge in [0.15, 0.2) is 18.5 Å². The first-order chi connectivity index (χ1) is 28.1. The third kappa shape index (κ3) is 13.3. The maximum absolute atomic E-state index is 13.5. The Kier molecular flexibility index (Phi) is 16.4. The monoisotopic (exact) mass is 889 g/mol. The third-order valence-corrected chi connectivity index (χ3v) is 8.26. The maximum Gasteiger partial charge on any atom is 0.345 e. The van der Waals surface area contributed by atoms with Gasteiger partial charge in [-0.2, -0.15) is 0 Å². The first-order valence-electron chi connectivity index (χ1n) is 16.4. The number of carboxylic acid groups (broad SMARTS) is 2. The van der Waals surface area contributed by atoms with Gasteiger partial charge in [0.1, 0.15) is 39.8 Å². The first-order valence-corrected chi connectivity index (χ1v) is 17.9. The second-order valence-electron chi connectivity index (χ2n) is 11.3. The normalized spacial score (nSPS) is 10.8. The topological polar surface area (TPSA) is 207 Å². The van der Waals surface area contributed by atoms with E-state index in [0.717, 1.165) is 24.6 Å². The van der Waals surface area contributed by atoms with Crippen LogP contribution >= 0.6 is 46.4 Å². The standard InChI is InChI=1S/C14H9Cl2NO5.C14H11ClFNO4.C11H8ClNO3/c1-21-14(18)10-7-9(3-4-12(10)17(19)20)22-13-5-2-8(15)6-11(13)16;1-8(14(18)19)20-10-2-4-11(5-3-10)21-13-12(16)6-9(15)7-17-13;12-8-3-4-9(16-6-10(14)15)11-7(8)2-1-5-13-11/h2-7H,1H3;2-8H,1H3,(H,18,19);1-5H,6H2,(H,14,15)/t;8-;/m.1./s1. The molecule has 2 heterocycles. The van der Waals surface area contributed by atoms with E-state index in [2.05, 4.69) is 14.7 Å². The molecule has 15 nitrogen and oxygen atoms in total. The Morgan fingerprint density at radius 2 is 1.49 bits per heavy atom. The molecule has 59 heavy (non-hydrogen) atoms. The number of benzene rings is 4. The molecule has 0 spiro atoms. The molecule has 0 aliphatic rings. The summed E-state index contributed by atoms with van der Waals surface area (Å²) in [4.78, 5) is 50.8. The summed E-state index contributed by atoms with van der Waals surface area (Å²) < 4.78 is 39.1. The Bertz CT molecular complexity index is 2480. The maximum atomic E-state index is 13.5. The van der Waals surface area contributed by atoms with Crippen molar-refractivity contribution >= 4 is 80.9 Å². The number of aromatic nitrogens is 2. The number of pyridine rings is 2. The molecular weight excluding hydrogens is 863 g/mol. The summed E-state index contributed by atoms with van der Waals surface area (Å²) in [6, 6.07) is 22.3. The molecule has 2 N–H and O–H groups in total. The Morgan fingerprint density at radius 1 is 0.814 bits per heavy atom. The molecule has 0 bridgehead atoms. The van der Waals surface area contributed by atoms with Crippen molar-refractivity contribution in [3.05, 3.63) is 145 Å². The van der Waals surface area contributed by atoms with E-state index in [1.807, 2.05) is 0 Å². The lowest BCUT2D eigenvalue weighted by molar-refractivity contribution is -0.385. The minimum Gasteiger partial charge on any atom is -0.480 e. The number of hydrogen-bond donors (Lipinski definition) is 2. The summed E-state index contributed by atoms with van der Waals surface area (Å²) in [6.45, 7) is 1.02. The number of esters is 1. The lowest BCUT2D eigenvalue weighted by Crippen LogP contribution is -2.22. The Morgan fingerprint density at radius 3 is 2.12 bits per heavy atom. The SMILES string of the molecule is COC(=O)c1cc(Oc2ccc(Cl)cc2Cl)ccc1[N+](=O)[O-].C[C@@H](Oc1ccc(Oc2ncc(Cl)cc2F)cc1)C(=O)O.O=C(O)COc1ccc(Cl)c2cccnc12. The number of hydrogen-bond acceptors (Lipinski definition) is 12. The molecular formula is C39H28Cl4FN3O12. The van der Waals surface area contributed by atoms with Crippen LogP contribution in [-0.4, -0.2) is 62.8 Å². The van der Waals surface area contributed by atoms with Gasteiger partial charge in [-0.25, -0.2) is 23.8 Å². The number of nitro benzene ring substituents is 1. The van der Waals surface area contributed by atoms with Crippen LogP contribution in [0.4, 0.5) is 10.1 Å².